The minimum Gasteiger partial charge on any atom is -1.00 e. The molecule has 1 fully saturated rings. The van der Waals surface area contributed by atoms with Crippen LogP contribution in [0.15, 0.2) is 60.7 Å². The maximum atomic E-state index is 2.66. The molecule has 1 saturated heterocycles. The summed E-state index contributed by atoms with van der Waals surface area (Å²) in [5, 5.41) is 0. The second kappa shape index (κ2) is 7.33. The van der Waals surface area contributed by atoms with Crippen molar-refractivity contribution in [2.24, 2.45) is 0 Å². The van der Waals surface area contributed by atoms with Gasteiger partial charge in [0.05, 0.1) is 0 Å². The van der Waals surface area contributed by atoms with Gasteiger partial charge in [-0.1, -0.05) is 0 Å². The summed E-state index contributed by atoms with van der Waals surface area (Å²) in [5.41, 5.74) is 9.33. The van der Waals surface area contributed by atoms with Gasteiger partial charge < -0.3 is 24.8 Å². The summed E-state index contributed by atoms with van der Waals surface area (Å²) < 4.78 is 3.40. The van der Waals surface area contributed by atoms with Gasteiger partial charge in [0.25, 0.3) is 0 Å². The van der Waals surface area contributed by atoms with Crippen LogP contribution in [-0.2, 0) is 20.3 Å². The van der Waals surface area contributed by atoms with E-state index in [1.807, 2.05) is 0 Å². The molecular formula is C24H26Cl2Zr. The number of benzene rings is 2. The van der Waals surface area contributed by atoms with Crippen LogP contribution in [0.5, 0.6) is 0 Å². The summed E-state index contributed by atoms with van der Waals surface area (Å²) in [5.74, 6) is 0. The summed E-state index contributed by atoms with van der Waals surface area (Å²) in [4.78, 5) is 0. The molecule has 5 rings (SSSR count). The average Bonchev–Trinajstić information content (AvgIpc) is 2.93. The van der Waals surface area contributed by atoms with Crippen molar-refractivity contribution in [3.8, 4) is 0 Å². The molecule has 3 heteroatoms. The van der Waals surface area contributed by atoms with E-state index in [-0.39, 0.29) is 24.8 Å². The van der Waals surface area contributed by atoms with Crippen molar-refractivity contribution < 1.29 is 45.1 Å². The predicted octanol–water partition coefficient (Wildman–Crippen LogP) is 1.10. The summed E-state index contributed by atoms with van der Waals surface area (Å²) in [6.07, 6.45) is 5.32. The van der Waals surface area contributed by atoms with Gasteiger partial charge in [0.2, 0.25) is 0 Å². The van der Waals surface area contributed by atoms with E-state index in [4.69, 9.17) is 0 Å². The maximum absolute atomic E-state index is 2.66. The smallest absolute Gasteiger partial charge is 1.00 e. The van der Waals surface area contributed by atoms with Gasteiger partial charge in [-0.3, -0.25) is 0 Å². The first-order valence-corrected chi connectivity index (χ1v) is 15.3. The largest absolute Gasteiger partial charge is 1.00 e. The number of allylic oxidation sites excluding steroid dienone is 4. The Morgan fingerprint density at radius 3 is 1.37 bits per heavy atom. The van der Waals surface area contributed by atoms with Gasteiger partial charge in [-0.25, -0.2) is 0 Å². The van der Waals surface area contributed by atoms with Crippen molar-refractivity contribution in [3.05, 3.63) is 82.9 Å². The molecular weight excluding hydrogens is 450 g/mol. The fourth-order valence-corrected chi connectivity index (χ4v) is 26.1. The molecule has 2 aromatic rings. The molecule has 0 spiro atoms. The third kappa shape index (κ3) is 2.72. The van der Waals surface area contributed by atoms with Gasteiger partial charge in [0, 0.05) is 0 Å². The Morgan fingerprint density at radius 2 is 1.00 bits per heavy atom. The van der Waals surface area contributed by atoms with Crippen molar-refractivity contribution in [1.82, 2.24) is 0 Å². The predicted molar refractivity (Wildman–Crippen MR) is 105 cm³/mol. The topological polar surface area (TPSA) is 0 Å². The van der Waals surface area contributed by atoms with Gasteiger partial charge in [-0.15, -0.1) is 0 Å². The molecule has 0 nitrogen and oxygen atoms in total. The molecule has 0 radical (unpaired) electrons. The van der Waals surface area contributed by atoms with Crippen LogP contribution in [0.25, 0.3) is 11.1 Å². The van der Waals surface area contributed by atoms with Crippen molar-refractivity contribution in [2.45, 2.75) is 42.2 Å². The monoisotopic (exact) mass is 474 g/mol. The van der Waals surface area contributed by atoms with Crippen molar-refractivity contribution in [3.63, 3.8) is 0 Å². The minimum absolute atomic E-state index is 0. The third-order valence-electron chi connectivity index (χ3n) is 7.57. The molecule has 2 aliphatic carbocycles. The normalized spacial score (nSPS) is 30.1. The second-order valence-electron chi connectivity index (χ2n) is 8.41. The van der Waals surface area contributed by atoms with Crippen LogP contribution >= 0.6 is 0 Å². The van der Waals surface area contributed by atoms with E-state index in [0.717, 1.165) is 14.5 Å². The van der Waals surface area contributed by atoms with Crippen LogP contribution in [-0.4, -0.2) is 0 Å². The molecule has 0 amide bonds. The molecule has 1 aliphatic heterocycles. The van der Waals surface area contributed by atoms with Crippen LogP contribution in [0.4, 0.5) is 0 Å². The van der Waals surface area contributed by atoms with E-state index >= 15 is 0 Å². The SMILES string of the molecule is CC1=C[CH]([Zr+2]2([CH]3C=C(C)c4ccccc43)[CH](C)[CH]2C)c2ccccc21.[Cl-].[Cl-]. The zero-order valence-corrected chi connectivity index (χ0v) is 20.3. The molecule has 2 aromatic carbocycles. The molecule has 4 atom stereocenters. The van der Waals surface area contributed by atoms with E-state index in [9.17, 15) is 0 Å². The van der Waals surface area contributed by atoms with E-state index in [2.05, 4.69) is 88.4 Å². The molecule has 0 bridgehead atoms. The standard InChI is InChI=1S/2C10H9.C4H8.2ClH.Zr/c2*1-8-6-7-9-4-2-3-5-10(8)9;1-3-4-2;;;/h2*2-7H,1H3;3-4H,1-2H3;2*1H;/q;;;;;+2/p-2. The third-order valence-corrected chi connectivity index (χ3v) is 24.5. The van der Waals surface area contributed by atoms with Gasteiger partial charge in [0.1, 0.15) is 0 Å². The summed E-state index contributed by atoms with van der Waals surface area (Å²) in [6, 6.07) is 18.4. The van der Waals surface area contributed by atoms with Crippen LogP contribution < -0.4 is 24.8 Å². The van der Waals surface area contributed by atoms with Crippen molar-refractivity contribution in [2.75, 3.05) is 0 Å². The summed E-state index contributed by atoms with van der Waals surface area (Å²) in [7, 11) is 0. The fraction of sp³-hybridized carbons (Fsp3) is 0.333. The Kier molecular flexibility index (Phi) is 5.73. The molecule has 3 aliphatic rings. The Hall–Kier alpha value is -0.617. The molecule has 4 unspecified atom stereocenters. The van der Waals surface area contributed by atoms with E-state index in [1.165, 1.54) is 22.3 Å². The number of rotatable bonds is 2. The number of hydrogen-bond acceptors (Lipinski definition) is 0. The van der Waals surface area contributed by atoms with Gasteiger partial charge in [-0.2, -0.15) is 0 Å². The maximum Gasteiger partial charge on any atom is -1.00 e. The quantitative estimate of drug-likeness (QED) is 0.609. The van der Waals surface area contributed by atoms with Crippen molar-refractivity contribution in [1.29, 1.82) is 0 Å². The van der Waals surface area contributed by atoms with Gasteiger partial charge >= 0.3 is 157 Å². The molecule has 1 heterocycles. The number of hydrogen-bond donors (Lipinski definition) is 0. The van der Waals surface area contributed by atoms with E-state index in [0.29, 0.717) is 0 Å². The molecule has 0 saturated carbocycles. The Morgan fingerprint density at radius 1 is 0.630 bits per heavy atom. The molecule has 0 N–H and O–H groups in total. The van der Waals surface area contributed by atoms with Crippen molar-refractivity contribution >= 4 is 11.1 Å². The second-order valence-corrected chi connectivity index (χ2v) is 20.9. The van der Waals surface area contributed by atoms with Gasteiger partial charge in [-0.05, 0) is 0 Å². The Bertz CT molecular complexity index is 865. The summed E-state index contributed by atoms with van der Waals surface area (Å²) in [6.45, 7) is 9.77. The first kappa shape index (κ1) is 21.1. The van der Waals surface area contributed by atoms with Crippen LogP contribution in [0.1, 0.15) is 57.2 Å². The molecule has 140 valence electrons. The summed E-state index contributed by atoms with van der Waals surface area (Å²) >= 11 is -2.48. The average molecular weight is 477 g/mol. The zero-order chi connectivity index (χ0) is 17.3. The molecule has 0 aromatic heterocycles. The van der Waals surface area contributed by atoms with Crippen LogP contribution in [0.2, 0.25) is 7.25 Å². The molecule has 27 heavy (non-hydrogen) atoms. The number of fused-ring (bicyclic) bond motifs is 2. The first-order chi connectivity index (χ1) is 12.1. The zero-order valence-electron chi connectivity index (χ0n) is 16.3. The Balaban J connectivity index is 0.00000105. The van der Waals surface area contributed by atoms with E-state index in [1.54, 1.807) is 11.1 Å². The Labute approximate surface area is 180 Å². The minimum atomic E-state index is -2.48. The number of halogens is 2. The first-order valence-electron chi connectivity index (χ1n) is 9.62. The van der Waals surface area contributed by atoms with E-state index < -0.39 is 20.3 Å². The van der Waals surface area contributed by atoms with Gasteiger partial charge in [0.15, 0.2) is 0 Å². The van der Waals surface area contributed by atoms with Crippen LogP contribution in [0.3, 0.4) is 0 Å². The fourth-order valence-electron chi connectivity index (χ4n) is 6.11. The van der Waals surface area contributed by atoms with Crippen LogP contribution in [0, 0.1) is 0 Å².